The van der Waals surface area contributed by atoms with Crippen LogP contribution in [0, 0.1) is 5.92 Å². The van der Waals surface area contributed by atoms with Crippen molar-refractivity contribution in [2.45, 2.75) is 58.8 Å². The molecule has 3 aromatic rings. The number of hydrogen-bond donors (Lipinski definition) is 2. The van der Waals surface area contributed by atoms with Crippen LogP contribution in [0.1, 0.15) is 79.8 Å². The van der Waals surface area contributed by atoms with Gasteiger partial charge in [0.25, 0.3) is 11.8 Å². The Morgan fingerprint density at radius 3 is 2.51 bits per heavy atom. The Morgan fingerprint density at radius 2 is 1.83 bits per heavy atom. The van der Waals surface area contributed by atoms with E-state index in [9.17, 15) is 19.2 Å². The van der Waals surface area contributed by atoms with E-state index in [1.54, 1.807) is 29.2 Å². The van der Waals surface area contributed by atoms with Crippen LogP contribution in [0.2, 0.25) is 5.15 Å². The largest absolute Gasteiger partial charge is 0.447 e. The second-order valence-corrected chi connectivity index (χ2v) is 12.1. The lowest BCUT2D eigenvalue weighted by molar-refractivity contribution is -0.121. The van der Waals surface area contributed by atoms with E-state index < -0.39 is 5.91 Å². The topological polar surface area (TPSA) is 153 Å². The maximum atomic E-state index is 13.7. The molecule has 13 heteroatoms. The average molecular weight is 666 g/mol. The molecule has 0 radical (unpaired) electrons. The Morgan fingerprint density at radius 1 is 1.06 bits per heavy atom. The Hall–Kier alpha value is -4.13. The second-order valence-electron chi connectivity index (χ2n) is 11.8. The Bertz CT molecular complexity index is 1640. The second kappa shape index (κ2) is 16.1. The van der Waals surface area contributed by atoms with E-state index in [2.05, 4.69) is 27.5 Å². The molecular formula is C34H40ClN5O7. The van der Waals surface area contributed by atoms with Gasteiger partial charge in [-0.15, -0.1) is 0 Å². The van der Waals surface area contributed by atoms with Crippen molar-refractivity contribution >= 4 is 57.6 Å². The van der Waals surface area contributed by atoms with Gasteiger partial charge >= 0.3 is 0 Å². The molecule has 0 bridgehead atoms. The molecule has 4 heterocycles. The molecule has 1 saturated heterocycles. The summed E-state index contributed by atoms with van der Waals surface area (Å²) < 4.78 is 16.7. The zero-order valence-electron chi connectivity index (χ0n) is 26.7. The first-order valence-corrected chi connectivity index (χ1v) is 16.4. The lowest BCUT2D eigenvalue weighted by Crippen LogP contribution is -2.41. The van der Waals surface area contributed by atoms with Gasteiger partial charge in [0.2, 0.25) is 11.7 Å². The SMILES string of the molecule is CCC(CCCOCC(C)=O)=C1CCC(C(=O)Nc2c(C(=O)Nc3ccc(Cl)nc3)oc3ccc(C(=O)N4CCOCC4)nc23)CC1. The Kier molecular flexibility index (Phi) is 11.7. The number of allylic oxidation sites excluding steroid dienone is 2. The lowest BCUT2D eigenvalue weighted by atomic mass is 9.82. The third kappa shape index (κ3) is 8.82. The molecule has 2 aliphatic rings. The number of ether oxygens (including phenoxy) is 2. The summed E-state index contributed by atoms with van der Waals surface area (Å²) in [6, 6.07) is 6.28. The highest BCUT2D eigenvalue weighted by molar-refractivity contribution is 6.29. The standard InChI is InChI=1S/C34H40ClN5O7/c1-3-22(5-4-16-46-20-21(2)41)23-6-8-24(9-7-23)32(42)39-30-29-27(12-11-26(38-29)34(44)40-14-17-45-18-15-40)47-31(30)33(43)37-25-10-13-28(35)36-19-25/h10-13,19,24H,3-9,14-18,20H2,1-2H3,(H,37,43)(H,39,42). The van der Waals surface area contributed by atoms with E-state index >= 15 is 0 Å². The number of nitrogens with one attached hydrogen (secondary N) is 2. The van der Waals surface area contributed by atoms with Crippen LogP contribution < -0.4 is 10.6 Å². The van der Waals surface area contributed by atoms with Gasteiger partial charge in [0, 0.05) is 25.6 Å². The molecule has 0 unspecified atom stereocenters. The number of Topliss-reactive ketones (excluding diaryl/α,β-unsaturated/α-hetero) is 1. The van der Waals surface area contributed by atoms with Gasteiger partial charge < -0.3 is 29.4 Å². The van der Waals surface area contributed by atoms with Gasteiger partial charge in [-0.3, -0.25) is 19.2 Å². The maximum absolute atomic E-state index is 13.7. The highest BCUT2D eigenvalue weighted by atomic mass is 35.5. The maximum Gasteiger partial charge on any atom is 0.293 e. The van der Waals surface area contributed by atoms with Crippen molar-refractivity contribution in [1.82, 2.24) is 14.9 Å². The molecule has 3 aromatic heterocycles. The highest BCUT2D eigenvalue weighted by Gasteiger charge is 2.30. The van der Waals surface area contributed by atoms with Crippen LogP contribution in [-0.2, 0) is 19.1 Å². The summed E-state index contributed by atoms with van der Waals surface area (Å²) in [5.74, 6) is -1.52. The van der Waals surface area contributed by atoms with E-state index in [0.29, 0.717) is 51.4 Å². The quantitative estimate of drug-likeness (QED) is 0.138. The van der Waals surface area contributed by atoms with E-state index in [1.807, 2.05) is 0 Å². The van der Waals surface area contributed by atoms with Gasteiger partial charge in [-0.1, -0.05) is 29.7 Å². The van der Waals surface area contributed by atoms with Crippen LogP contribution >= 0.6 is 11.6 Å². The van der Waals surface area contributed by atoms with Gasteiger partial charge in [0.15, 0.2) is 11.4 Å². The normalized spacial score (nSPS) is 16.6. The fourth-order valence-electron chi connectivity index (χ4n) is 5.95. The first-order chi connectivity index (χ1) is 22.7. The van der Waals surface area contributed by atoms with Gasteiger partial charge in [0.05, 0.1) is 25.1 Å². The number of pyridine rings is 2. The molecule has 1 saturated carbocycles. The number of halogens is 1. The number of ketones is 1. The van der Waals surface area contributed by atoms with Crippen LogP contribution in [0.4, 0.5) is 11.4 Å². The van der Waals surface area contributed by atoms with Crippen molar-refractivity contribution in [2.24, 2.45) is 5.92 Å². The van der Waals surface area contributed by atoms with Crippen LogP contribution in [-0.4, -0.2) is 77.9 Å². The van der Waals surface area contributed by atoms with Crippen molar-refractivity contribution in [3.63, 3.8) is 0 Å². The molecule has 1 aliphatic heterocycles. The first kappa shape index (κ1) is 34.2. The lowest BCUT2D eigenvalue weighted by Gasteiger charge is -2.26. The minimum Gasteiger partial charge on any atom is -0.447 e. The summed E-state index contributed by atoms with van der Waals surface area (Å²) >= 11 is 5.90. The number of hydrogen-bond acceptors (Lipinski definition) is 9. The summed E-state index contributed by atoms with van der Waals surface area (Å²) in [4.78, 5) is 61.8. The van der Waals surface area contributed by atoms with Crippen LogP contribution in [0.5, 0.6) is 0 Å². The minimum absolute atomic E-state index is 0.0170. The number of rotatable bonds is 12. The molecule has 0 atom stereocenters. The van der Waals surface area contributed by atoms with Crippen molar-refractivity contribution in [1.29, 1.82) is 0 Å². The number of amides is 3. The van der Waals surface area contributed by atoms with E-state index in [0.717, 1.165) is 32.1 Å². The van der Waals surface area contributed by atoms with Gasteiger partial charge in [0.1, 0.15) is 28.7 Å². The molecule has 0 aromatic carbocycles. The predicted molar refractivity (Wildman–Crippen MR) is 177 cm³/mol. The Labute approximate surface area is 278 Å². The average Bonchev–Trinajstić information content (AvgIpc) is 3.45. The number of aromatic nitrogens is 2. The molecule has 5 rings (SSSR count). The summed E-state index contributed by atoms with van der Waals surface area (Å²) in [6.07, 6.45) is 7.01. The fourth-order valence-corrected chi connectivity index (χ4v) is 6.06. The zero-order valence-corrected chi connectivity index (χ0v) is 27.5. The predicted octanol–water partition coefficient (Wildman–Crippen LogP) is 5.82. The third-order valence-electron chi connectivity index (χ3n) is 8.45. The number of nitrogens with zero attached hydrogens (tertiary/aromatic N) is 3. The van der Waals surface area contributed by atoms with Gasteiger partial charge in [-0.05, 0) is 76.1 Å². The fraction of sp³-hybridized carbons (Fsp3) is 0.471. The summed E-state index contributed by atoms with van der Waals surface area (Å²) in [5, 5.41) is 5.95. The molecule has 1 aliphatic carbocycles. The smallest absolute Gasteiger partial charge is 0.293 e. The molecular weight excluding hydrogens is 626 g/mol. The molecule has 47 heavy (non-hydrogen) atoms. The van der Waals surface area contributed by atoms with E-state index in [4.69, 9.17) is 25.5 Å². The number of furan rings is 1. The Balaban J connectivity index is 1.34. The zero-order chi connectivity index (χ0) is 33.3. The molecule has 250 valence electrons. The summed E-state index contributed by atoms with van der Waals surface area (Å²) in [7, 11) is 0. The number of carbonyl (C=O) groups is 4. The number of morpholine rings is 1. The van der Waals surface area contributed by atoms with Crippen LogP contribution in [0.15, 0.2) is 46.0 Å². The summed E-state index contributed by atoms with van der Waals surface area (Å²) in [6.45, 7) is 6.11. The van der Waals surface area contributed by atoms with Crippen LogP contribution in [0.3, 0.4) is 0 Å². The van der Waals surface area contributed by atoms with Crippen molar-refractivity contribution in [2.75, 3.05) is 50.2 Å². The molecule has 3 amide bonds. The molecule has 2 N–H and O–H groups in total. The third-order valence-corrected chi connectivity index (χ3v) is 8.67. The van der Waals surface area contributed by atoms with E-state index in [-0.39, 0.29) is 63.5 Å². The van der Waals surface area contributed by atoms with Gasteiger partial charge in [-0.2, -0.15) is 0 Å². The number of fused-ring (bicyclic) bond motifs is 1. The molecule has 12 nitrogen and oxygen atoms in total. The number of anilines is 2. The van der Waals surface area contributed by atoms with Crippen molar-refractivity contribution in [3.8, 4) is 0 Å². The minimum atomic E-state index is -0.614. The first-order valence-electron chi connectivity index (χ1n) is 16.0. The molecule has 0 spiro atoms. The molecule has 2 fully saturated rings. The highest BCUT2D eigenvalue weighted by Crippen LogP contribution is 2.36. The van der Waals surface area contributed by atoms with Gasteiger partial charge in [-0.25, -0.2) is 9.97 Å². The van der Waals surface area contributed by atoms with Crippen molar-refractivity contribution in [3.05, 3.63) is 58.2 Å². The van der Waals surface area contributed by atoms with E-state index in [1.165, 1.54) is 24.3 Å². The monoisotopic (exact) mass is 665 g/mol. The van der Waals surface area contributed by atoms with Crippen molar-refractivity contribution < 1.29 is 33.1 Å². The summed E-state index contributed by atoms with van der Waals surface area (Å²) in [5.41, 5.74) is 3.91. The van der Waals surface area contributed by atoms with Crippen LogP contribution in [0.25, 0.3) is 11.1 Å². The number of carbonyl (C=O) groups excluding carboxylic acids is 4.